The zero-order valence-corrected chi connectivity index (χ0v) is 17.3. The molecule has 0 aliphatic heterocycles. The highest BCUT2D eigenvalue weighted by Gasteiger charge is 2.14. The molecule has 0 bridgehead atoms. The number of carbonyl (C=O) groups is 1. The summed E-state index contributed by atoms with van der Waals surface area (Å²) in [5.41, 5.74) is 5.73. The summed E-state index contributed by atoms with van der Waals surface area (Å²) in [7, 11) is 1.61. The van der Waals surface area contributed by atoms with E-state index in [-0.39, 0.29) is 12.3 Å². The van der Waals surface area contributed by atoms with E-state index in [0.29, 0.717) is 11.5 Å². The third-order valence-electron chi connectivity index (χ3n) is 4.65. The Hall–Kier alpha value is -4.13. The Labute approximate surface area is 180 Å². The number of ether oxygens (including phenoxy) is 1. The van der Waals surface area contributed by atoms with Crippen molar-refractivity contribution >= 4 is 12.1 Å². The molecule has 0 radical (unpaired) electrons. The fourth-order valence-electron chi connectivity index (χ4n) is 3.09. The molecule has 2 aromatic heterocycles. The topological polar surface area (TPSA) is 81.6 Å². The molecule has 0 unspecified atom stereocenters. The molecule has 2 heterocycles. The van der Waals surface area contributed by atoms with Gasteiger partial charge in [-0.2, -0.15) is 10.2 Å². The van der Waals surface area contributed by atoms with Gasteiger partial charge in [0.05, 0.1) is 25.4 Å². The first kappa shape index (κ1) is 20.2. The Morgan fingerprint density at radius 3 is 2.58 bits per heavy atom. The van der Waals surface area contributed by atoms with E-state index in [9.17, 15) is 4.79 Å². The summed E-state index contributed by atoms with van der Waals surface area (Å²) in [6, 6.07) is 20.9. The molecule has 1 N–H and O–H groups in total. The largest absolute Gasteiger partial charge is 0.497 e. The second-order valence-corrected chi connectivity index (χ2v) is 6.94. The number of hydrazone groups is 1. The molecule has 0 atom stereocenters. The van der Waals surface area contributed by atoms with Gasteiger partial charge in [-0.05, 0) is 48.9 Å². The van der Waals surface area contributed by atoms with Crippen LogP contribution in [0, 0.1) is 6.92 Å². The van der Waals surface area contributed by atoms with Gasteiger partial charge in [0.2, 0.25) is 5.91 Å². The second kappa shape index (κ2) is 9.13. The van der Waals surface area contributed by atoms with Crippen molar-refractivity contribution in [3.05, 3.63) is 89.8 Å². The number of para-hydroxylation sites is 1. The zero-order valence-electron chi connectivity index (χ0n) is 17.3. The highest BCUT2D eigenvalue weighted by molar-refractivity contribution is 5.89. The number of aryl methyl sites for hydroxylation is 1. The first-order valence-electron chi connectivity index (χ1n) is 9.79. The van der Waals surface area contributed by atoms with Gasteiger partial charge >= 0.3 is 0 Å². The second-order valence-electron chi connectivity index (χ2n) is 6.94. The van der Waals surface area contributed by atoms with Crippen molar-refractivity contribution in [3.63, 3.8) is 0 Å². The predicted octanol–water partition coefficient (Wildman–Crippen LogP) is 4.14. The highest BCUT2D eigenvalue weighted by atomic mass is 16.5. The number of hydrogen-bond donors (Lipinski definition) is 1. The monoisotopic (exact) mass is 414 g/mol. The minimum absolute atomic E-state index is 0.215. The van der Waals surface area contributed by atoms with Crippen molar-refractivity contribution in [1.82, 2.24) is 15.2 Å². The summed E-state index contributed by atoms with van der Waals surface area (Å²) in [5.74, 6) is 1.96. The van der Waals surface area contributed by atoms with Crippen LogP contribution in [0.25, 0.3) is 17.1 Å². The van der Waals surface area contributed by atoms with E-state index in [0.717, 1.165) is 28.3 Å². The van der Waals surface area contributed by atoms with Crippen LogP contribution in [0.2, 0.25) is 0 Å². The summed E-state index contributed by atoms with van der Waals surface area (Å²) < 4.78 is 12.6. The lowest BCUT2D eigenvalue weighted by molar-refractivity contribution is -0.120. The lowest BCUT2D eigenvalue weighted by Gasteiger charge is -2.02. The van der Waals surface area contributed by atoms with Crippen LogP contribution in [0.5, 0.6) is 5.75 Å². The third-order valence-corrected chi connectivity index (χ3v) is 4.65. The maximum absolute atomic E-state index is 12.2. The van der Waals surface area contributed by atoms with Gasteiger partial charge in [0.1, 0.15) is 17.2 Å². The van der Waals surface area contributed by atoms with Crippen molar-refractivity contribution in [2.45, 2.75) is 13.3 Å². The number of methoxy groups -OCH3 is 1. The predicted molar refractivity (Wildman–Crippen MR) is 118 cm³/mol. The minimum Gasteiger partial charge on any atom is -0.497 e. The Kier molecular flexibility index (Phi) is 5.93. The van der Waals surface area contributed by atoms with Crippen molar-refractivity contribution < 1.29 is 13.9 Å². The number of benzene rings is 2. The molecule has 0 saturated heterocycles. The van der Waals surface area contributed by atoms with Gasteiger partial charge in [0.25, 0.3) is 0 Å². The van der Waals surface area contributed by atoms with Crippen molar-refractivity contribution in [2.24, 2.45) is 5.10 Å². The number of nitrogens with zero attached hydrogens (tertiary/aromatic N) is 3. The average Bonchev–Trinajstić information content (AvgIpc) is 3.41. The van der Waals surface area contributed by atoms with Gasteiger partial charge in [0.15, 0.2) is 5.76 Å². The summed E-state index contributed by atoms with van der Waals surface area (Å²) in [6.07, 6.45) is 3.64. The van der Waals surface area contributed by atoms with Crippen LogP contribution in [-0.2, 0) is 11.2 Å². The van der Waals surface area contributed by atoms with E-state index in [4.69, 9.17) is 9.15 Å². The highest BCUT2D eigenvalue weighted by Crippen LogP contribution is 2.24. The summed E-state index contributed by atoms with van der Waals surface area (Å²) in [6.45, 7) is 1.88. The van der Waals surface area contributed by atoms with Crippen LogP contribution in [0.15, 0.2) is 82.4 Å². The van der Waals surface area contributed by atoms with Crippen molar-refractivity contribution in [1.29, 1.82) is 0 Å². The van der Waals surface area contributed by atoms with Gasteiger partial charge in [-0.25, -0.2) is 10.1 Å². The van der Waals surface area contributed by atoms with Gasteiger partial charge in [-0.3, -0.25) is 4.79 Å². The van der Waals surface area contributed by atoms with Gasteiger partial charge < -0.3 is 9.15 Å². The number of nitrogens with one attached hydrogen (secondary N) is 1. The van der Waals surface area contributed by atoms with Gasteiger partial charge in [0, 0.05) is 11.8 Å². The Balaban J connectivity index is 1.51. The molecule has 0 aliphatic carbocycles. The molecule has 4 rings (SSSR count). The minimum atomic E-state index is -0.215. The number of amides is 1. The summed E-state index contributed by atoms with van der Waals surface area (Å²) in [4.78, 5) is 12.2. The molecule has 1 amide bonds. The molecule has 7 nitrogen and oxygen atoms in total. The molecule has 31 heavy (non-hydrogen) atoms. The van der Waals surface area contributed by atoms with Crippen LogP contribution < -0.4 is 10.2 Å². The van der Waals surface area contributed by atoms with E-state index in [2.05, 4.69) is 15.6 Å². The van der Waals surface area contributed by atoms with Crippen LogP contribution in [-0.4, -0.2) is 29.0 Å². The van der Waals surface area contributed by atoms with E-state index in [1.54, 1.807) is 18.0 Å². The number of furan rings is 1. The SMILES string of the molecule is COc1ccc(CC(=O)N/N=C\c2cn(-c3ccccc3)nc2-c2ccc(C)o2)cc1. The van der Waals surface area contributed by atoms with E-state index < -0.39 is 0 Å². The number of carbonyl (C=O) groups excluding carboxylic acids is 1. The molecular formula is C24H22N4O3. The van der Waals surface area contributed by atoms with E-state index in [1.807, 2.05) is 79.9 Å². The summed E-state index contributed by atoms with van der Waals surface area (Å²) in [5, 5.41) is 8.78. The molecule has 0 spiro atoms. The molecule has 0 fully saturated rings. The maximum Gasteiger partial charge on any atom is 0.244 e. The summed E-state index contributed by atoms with van der Waals surface area (Å²) >= 11 is 0. The Bertz CT molecular complexity index is 1190. The molecule has 2 aromatic carbocycles. The standard InChI is InChI=1S/C24H22N4O3/c1-17-8-13-22(31-17)24-19(16-28(27-24)20-6-4-3-5-7-20)15-25-26-23(29)14-18-9-11-21(30-2)12-10-18/h3-13,15-16H,14H2,1-2H3,(H,26,29)/b25-15-. The van der Waals surface area contributed by atoms with Crippen LogP contribution >= 0.6 is 0 Å². The first-order chi connectivity index (χ1) is 15.1. The molecule has 4 aromatic rings. The zero-order chi connectivity index (χ0) is 21.6. The lowest BCUT2D eigenvalue weighted by Crippen LogP contribution is -2.19. The van der Waals surface area contributed by atoms with Crippen LogP contribution in [0.1, 0.15) is 16.9 Å². The first-order valence-corrected chi connectivity index (χ1v) is 9.79. The Morgan fingerprint density at radius 2 is 1.90 bits per heavy atom. The third kappa shape index (κ3) is 4.90. The fourth-order valence-corrected chi connectivity index (χ4v) is 3.09. The fraction of sp³-hybridized carbons (Fsp3) is 0.125. The van der Waals surface area contributed by atoms with Gasteiger partial charge in [-0.15, -0.1) is 0 Å². The number of rotatable bonds is 7. The van der Waals surface area contributed by atoms with Crippen molar-refractivity contribution in [2.75, 3.05) is 7.11 Å². The lowest BCUT2D eigenvalue weighted by atomic mass is 10.1. The number of hydrogen-bond acceptors (Lipinski definition) is 5. The molecule has 156 valence electrons. The van der Waals surface area contributed by atoms with E-state index in [1.165, 1.54) is 0 Å². The Morgan fingerprint density at radius 1 is 1.13 bits per heavy atom. The molecule has 0 saturated carbocycles. The number of aromatic nitrogens is 2. The maximum atomic E-state index is 12.2. The molecule has 0 aliphatic rings. The van der Waals surface area contributed by atoms with E-state index >= 15 is 0 Å². The van der Waals surface area contributed by atoms with Gasteiger partial charge in [-0.1, -0.05) is 30.3 Å². The smallest absolute Gasteiger partial charge is 0.244 e. The average molecular weight is 414 g/mol. The normalized spacial score (nSPS) is 11.0. The van der Waals surface area contributed by atoms with Crippen molar-refractivity contribution in [3.8, 4) is 22.9 Å². The quantitative estimate of drug-likeness (QED) is 0.364. The molecule has 7 heteroatoms. The van der Waals surface area contributed by atoms with Crippen LogP contribution in [0.3, 0.4) is 0 Å². The van der Waals surface area contributed by atoms with Crippen LogP contribution in [0.4, 0.5) is 0 Å². The molecular weight excluding hydrogens is 392 g/mol.